The number of benzene rings is 1. The van der Waals surface area contributed by atoms with Gasteiger partial charge in [0.15, 0.2) is 4.34 Å². The molecule has 0 aliphatic heterocycles. The van der Waals surface area contributed by atoms with Crippen LogP contribution in [-0.2, 0) is 0 Å². The van der Waals surface area contributed by atoms with Gasteiger partial charge in [-0.05, 0) is 37.1 Å². The van der Waals surface area contributed by atoms with Gasteiger partial charge in [-0.1, -0.05) is 23.9 Å². The van der Waals surface area contributed by atoms with Crippen molar-refractivity contribution in [2.24, 2.45) is 0 Å². The van der Waals surface area contributed by atoms with E-state index >= 15 is 0 Å². The van der Waals surface area contributed by atoms with Gasteiger partial charge in [-0.2, -0.15) is 4.37 Å². The topological polar surface area (TPSA) is 37.8 Å². The molecule has 1 N–H and O–H groups in total. The van der Waals surface area contributed by atoms with Gasteiger partial charge in [0.05, 0.1) is 4.90 Å². The van der Waals surface area contributed by atoms with Crippen LogP contribution in [0.15, 0.2) is 33.8 Å². The van der Waals surface area contributed by atoms with E-state index in [1.165, 1.54) is 35.7 Å². The van der Waals surface area contributed by atoms with E-state index in [4.69, 9.17) is 0 Å². The maximum atomic E-state index is 13.8. The van der Waals surface area contributed by atoms with E-state index in [0.29, 0.717) is 4.90 Å². The second-order valence-corrected chi connectivity index (χ2v) is 5.52. The Labute approximate surface area is 108 Å². The highest BCUT2D eigenvalue weighted by atomic mass is 32.2. The second-order valence-electron chi connectivity index (χ2n) is 3.48. The van der Waals surface area contributed by atoms with Crippen LogP contribution in [0.5, 0.6) is 0 Å². The zero-order valence-corrected chi connectivity index (χ0v) is 11.1. The summed E-state index contributed by atoms with van der Waals surface area (Å²) < 4.78 is 18.5. The molecule has 2 aromatic rings. The standard InChI is InChI=1S/C11H12FN3S2/c1-7(13-2)8-4-3-5-9(12)10(8)16-11-14-6-15-17-11/h3-7,13H,1-2H3. The molecule has 0 radical (unpaired) electrons. The third kappa shape index (κ3) is 2.83. The van der Waals surface area contributed by atoms with Gasteiger partial charge in [0.2, 0.25) is 0 Å². The van der Waals surface area contributed by atoms with E-state index in [0.717, 1.165) is 9.90 Å². The van der Waals surface area contributed by atoms with Crippen molar-refractivity contribution in [3.63, 3.8) is 0 Å². The lowest BCUT2D eigenvalue weighted by Crippen LogP contribution is -2.13. The Morgan fingerprint density at radius 2 is 2.29 bits per heavy atom. The zero-order valence-electron chi connectivity index (χ0n) is 9.48. The predicted octanol–water partition coefficient (Wildman–Crippen LogP) is 3.11. The smallest absolute Gasteiger partial charge is 0.174 e. The summed E-state index contributed by atoms with van der Waals surface area (Å²) in [6.45, 7) is 2.00. The fourth-order valence-corrected chi connectivity index (χ4v) is 3.03. The van der Waals surface area contributed by atoms with Gasteiger partial charge in [-0.25, -0.2) is 9.37 Å². The van der Waals surface area contributed by atoms with Crippen molar-refractivity contribution in [2.75, 3.05) is 7.05 Å². The van der Waals surface area contributed by atoms with Gasteiger partial charge in [0.25, 0.3) is 0 Å². The van der Waals surface area contributed by atoms with Crippen LogP contribution in [0.4, 0.5) is 4.39 Å². The first-order valence-corrected chi connectivity index (χ1v) is 6.71. The van der Waals surface area contributed by atoms with E-state index in [2.05, 4.69) is 14.7 Å². The molecular weight excluding hydrogens is 257 g/mol. The third-order valence-corrected chi connectivity index (χ3v) is 4.28. The molecule has 17 heavy (non-hydrogen) atoms. The molecular formula is C11H12FN3S2. The quantitative estimate of drug-likeness (QED) is 0.925. The van der Waals surface area contributed by atoms with Crippen LogP contribution in [0.2, 0.25) is 0 Å². The van der Waals surface area contributed by atoms with Crippen molar-refractivity contribution in [1.82, 2.24) is 14.7 Å². The monoisotopic (exact) mass is 269 g/mol. The van der Waals surface area contributed by atoms with Crippen molar-refractivity contribution in [1.29, 1.82) is 0 Å². The van der Waals surface area contributed by atoms with E-state index in [1.54, 1.807) is 6.07 Å². The van der Waals surface area contributed by atoms with Crippen molar-refractivity contribution >= 4 is 23.3 Å². The van der Waals surface area contributed by atoms with E-state index < -0.39 is 0 Å². The molecule has 0 aliphatic carbocycles. The fourth-order valence-electron chi connectivity index (χ4n) is 1.42. The summed E-state index contributed by atoms with van der Waals surface area (Å²) in [6.07, 6.45) is 1.48. The molecule has 1 atom stereocenters. The Bertz CT molecular complexity index is 487. The van der Waals surface area contributed by atoms with E-state index in [9.17, 15) is 4.39 Å². The highest BCUT2D eigenvalue weighted by molar-refractivity contribution is 8.01. The largest absolute Gasteiger partial charge is 0.313 e. The lowest BCUT2D eigenvalue weighted by Gasteiger charge is -2.15. The van der Waals surface area contributed by atoms with E-state index in [1.807, 2.05) is 20.0 Å². The average Bonchev–Trinajstić information content (AvgIpc) is 2.83. The molecule has 0 amide bonds. The second kappa shape index (κ2) is 5.57. The lowest BCUT2D eigenvalue weighted by molar-refractivity contribution is 0.576. The number of hydrogen-bond donors (Lipinski definition) is 1. The molecule has 0 fully saturated rings. The summed E-state index contributed by atoms with van der Waals surface area (Å²) in [5, 5.41) is 3.12. The number of rotatable bonds is 4. The van der Waals surface area contributed by atoms with Crippen LogP contribution in [-0.4, -0.2) is 16.4 Å². The first-order valence-electron chi connectivity index (χ1n) is 5.12. The molecule has 1 unspecified atom stereocenters. The van der Waals surface area contributed by atoms with Crippen molar-refractivity contribution in [2.45, 2.75) is 22.2 Å². The maximum absolute atomic E-state index is 13.8. The van der Waals surface area contributed by atoms with Gasteiger partial charge in [0.1, 0.15) is 12.1 Å². The molecule has 90 valence electrons. The van der Waals surface area contributed by atoms with Crippen LogP contribution in [0, 0.1) is 5.82 Å². The Morgan fingerprint density at radius 1 is 1.47 bits per heavy atom. The van der Waals surface area contributed by atoms with Gasteiger partial charge < -0.3 is 5.32 Å². The molecule has 2 rings (SSSR count). The summed E-state index contributed by atoms with van der Waals surface area (Å²) >= 11 is 2.59. The van der Waals surface area contributed by atoms with Crippen molar-refractivity contribution in [3.05, 3.63) is 35.9 Å². The predicted molar refractivity (Wildman–Crippen MR) is 67.9 cm³/mol. The summed E-state index contributed by atoms with van der Waals surface area (Å²) in [5.41, 5.74) is 0.938. The van der Waals surface area contributed by atoms with Gasteiger partial charge in [0, 0.05) is 6.04 Å². The summed E-state index contributed by atoms with van der Waals surface area (Å²) in [5.74, 6) is -0.218. The minimum Gasteiger partial charge on any atom is -0.313 e. The molecule has 1 heterocycles. The summed E-state index contributed by atoms with van der Waals surface area (Å²) in [4.78, 5) is 4.68. The van der Waals surface area contributed by atoms with Gasteiger partial charge in [-0.3, -0.25) is 0 Å². The van der Waals surface area contributed by atoms with Crippen LogP contribution in [0.25, 0.3) is 0 Å². The van der Waals surface area contributed by atoms with Crippen LogP contribution >= 0.6 is 23.3 Å². The number of halogens is 1. The minimum absolute atomic E-state index is 0.0983. The van der Waals surface area contributed by atoms with Crippen LogP contribution in [0.3, 0.4) is 0 Å². The Kier molecular flexibility index (Phi) is 4.09. The van der Waals surface area contributed by atoms with Gasteiger partial charge in [-0.15, -0.1) is 0 Å². The first kappa shape index (κ1) is 12.5. The average molecular weight is 269 g/mol. The Hall–Kier alpha value is -0.980. The first-order chi connectivity index (χ1) is 8.22. The molecule has 0 saturated heterocycles. The molecule has 1 aromatic heterocycles. The molecule has 0 aliphatic rings. The number of nitrogens with one attached hydrogen (secondary N) is 1. The normalized spacial score (nSPS) is 12.6. The SMILES string of the molecule is CNC(C)c1cccc(F)c1Sc1ncns1. The Balaban J connectivity index is 2.37. The lowest BCUT2D eigenvalue weighted by atomic mass is 10.1. The Morgan fingerprint density at radius 3 is 2.94 bits per heavy atom. The molecule has 0 spiro atoms. The molecule has 0 bridgehead atoms. The zero-order chi connectivity index (χ0) is 12.3. The van der Waals surface area contributed by atoms with Gasteiger partial charge >= 0.3 is 0 Å². The summed E-state index contributed by atoms with van der Waals surface area (Å²) in [7, 11) is 1.86. The van der Waals surface area contributed by atoms with Crippen LogP contribution in [0.1, 0.15) is 18.5 Å². The molecule has 1 aromatic carbocycles. The molecule has 6 heteroatoms. The molecule has 0 saturated carbocycles. The highest BCUT2D eigenvalue weighted by Crippen LogP contribution is 2.35. The molecule has 3 nitrogen and oxygen atoms in total. The number of hydrogen-bond acceptors (Lipinski definition) is 5. The minimum atomic E-state index is -0.218. The fraction of sp³-hybridized carbons (Fsp3) is 0.273. The van der Waals surface area contributed by atoms with Crippen molar-refractivity contribution < 1.29 is 4.39 Å². The van der Waals surface area contributed by atoms with E-state index in [-0.39, 0.29) is 11.9 Å². The maximum Gasteiger partial charge on any atom is 0.174 e. The van der Waals surface area contributed by atoms with Crippen LogP contribution < -0.4 is 5.32 Å². The highest BCUT2D eigenvalue weighted by Gasteiger charge is 2.15. The summed E-state index contributed by atoms with van der Waals surface area (Å²) in [6, 6.07) is 5.21. The van der Waals surface area contributed by atoms with Crippen molar-refractivity contribution in [3.8, 4) is 0 Å². The third-order valence-electron chi connectivity index (χ3n) is 2.43. The number of nitrogens with zero attached hydrogens (tertiary/aromatic N) is 2. The number of aromatic nitrogens is 2.